The molecule has 4 aromatic rings. The van der Waals surface area contributed by atoms with Crippen LogP contribution in [0.5, 0.6) is 0 Å². The fourth-order valence-electron chi connectivity index (χ4n) is 2.31. The molecule has 5 nitrogen and oxygen atoms in total. The van der Waals surface area contributed by atoms with Gasteiger partial charge in [0.05, 0.1) is 0 Å². The number of rotatable bonds is 4. The summed E-state index contributed by atoms with van der Waals surface area (Å²) < 4.78 is 5.61. The zero-order valence-electron chi connectivity index (χ0n) is 12.9. The van der Waals surface area contributed by atoms with E-state index in [4.69, 9.17) is 4.42 Å². The average Bonchev–Trinajstić information content (AvgIpc) is 3.28. The number of thiazole rings is 1. The first kappa shape index (κ1) is 14.6. The van der Waals surface area contributed by atoms with E-state index in [1.165, 1.54) is 0 Å². The highest BCUT2D eigenvalue weighted by molar-refractivity contribution is 7.13. The molecule has 0 unspecified atom stereocenters. The maximum absolute atomic E-state index is 5.61. The molecule has 0 fully saturated rings. The van der Waals surface area contributed by atoms with Crippen LogP contribution in [0.3, 0.4) is 0 Å². The summed E-state index contributed by atoms with van der Waals surface area (Å²) in [4.78, 5) is 13.3. The highest BCUT2D eigenvalue weighted by atomic mass is 32.1. The predicted octanol–water partition coefficient (Wildman–Crippen LogP) is 4.91. The van der Waals surface area contributed by atoms with Crippen LogP contribution in [0.4, 0.5) is 11.6 Å². The van der Waals surface area contributed by atoms with Crippen LogP contribution in [-0.4, -0.2) is 15.0 Å². The van der Waals surface area contributed by atoms with Gasteiger partial charge in [-0.15, -0.1) is 11.3 Å². The fraction of sp³-hybridized carbons (Fsp3) is 0.0556. The first-order chi connectivity index (χ1) is 11.8. The van der Waals surface area contributed by atoms with Gasteiger partial charge in [0.2, 0.25) is 0 Å². The number of hydrogen-bond acceptors (Lipinski definition) is 6. The number of nitrogens with one attached hydrogen (secondary N) is 1. The lowest BCUT2D eigenvalue weighted by Gasteiger charge is -2.06. The third kappa shape index (κ3) is 3.04. The third-order valence-electron chi connectivity index (χ3n) is 3.45. The van der Waals surface area contributed by atoms with Crippen molar-refractivity contribution in [2.75, 3.05) is 5.32 Å². The molecule has 4 rings (SSSR count). The van der Waals surface area contributed by atoms with Gasteiger partial charge in [-0.05, 0) is 43.3 Å². The van der Waals surface area contributed by atoms with Crippen molar-refractivity contribution < 1.29 is 4.42 Å². The standard InChI is InChI=1S/C18H14N4OS/c1-12-5-7-15(23-12)13-6-8-16(20-11-13)22-17-4-2-3-14(21-17)18-19-9-10-24-18/h2-11H,1H3,(H,20,21,22). The molecule has 4 aromatic heterocycles. The Morgan fingerprint density at radius 2 is 1.96 bits per heavy atom. The topological polar surface area (TPSA) is 63.8 Å². The summed E-state index contributed by atoms with van der Waals surface area (Å²) in [5.41, 5.74) is 1.79. The molecule has 0 aromatic carbocycles. The van der Waals surface area contributed by atoms with Crippen molar-refractivity contribution in [2.45, 2.75) is 6.92 Å². The molecule has 1 N–H and O–H groups in total. The van der Waals surface area contributed by atoms with Crippen LogP contribution in [0.25, 0.3) is 22.0 Å². The molecule has 0 saturated heterocycles. The quantitative estimate of drug-likeness (QED) is 0.574. The van der Waals surface area contributed by atoms with Crippen molar-refractivity contribution >= 4 is 23.0 Å². The number of anilines is 2. The van der Waals surface area contributed by atoms with E-state index in [9.17, 15) is 0 Å². The normalized spacial score (nSPS) is 10.7. The minimum Gasteiger partial charge on any atom is -0.461 e. The number of furan rings is 1. The molecule has 0 saturated carbocycles. The third-order valence-corrected chi connectivity index (χ3v) is 4.24. The van der Waals surface area contributed by atoms with Crippen molar-refractivity contribution in [1.82, 2.24) is 15.0 Å². The zero-order chi connectivity index (χ0) is 16.4. The summed E-state index contributed by atoms with van der Waals surface area (Å²) in [6.45, 7) is 1.92. The summed E-state index contributed by atoms with van der Waals surface area (Å²) in [7, 11) is 0. The van der Waals surface area contributed by atoms with Gasteiger partial charge in [0, 0.05) is 23.3 Å². The smallest absolute Gasteiger partial charge is 0.141 e. The lowest BCUT2D eigenvalue weighted by Crippen LogP contribution is -1.96. The number of pyridine rings is 2. The first-order valence-electron chi connectivity index (χ1n) is 7.45. The Hall–Kier alpha value is -2.99. The molecule has 0 aliphatic carbocycles. The second-order valence-corrected chi connectivity index (χ2v) is 6.11. The highest BCUT2D eigenvalue weighted by Gasteiger charge is 2.06. The van der Waals surface area contributed by atoms with Crippen LogP contribution in [0, 0.1) is 6.92 Å². The molecule has 0 bridgehead atoms. The maximum Gasteiger partial charge on any atom is 0.141 e. The Bertz CT molecular complexity index is 945. The van der Waals surface area contributed by atoms with Gasteiger partial charge in [0.25, 0.3) is 0 Å². The summed E-state index contributed by atoms with van der Waals surface area (Å²) in [6.07, 6.45) is 3.56. The van der Waals surface area contributed by atoms with Gasteiger partial charge >= 0.3 is 0 Å². The first-order valence-corrected chi connectivity index (χ1v) is 8.33. The Morgan fingerprint density at radius 1 is 1.00 bits per heavy atom. The van der Waals surface area contributed by atoms with Crippen LogP contribution in [0.1, 0.15) is 5.76 Å². The van der Waals surface area contributed by atoms with Gasteiger partial charge in [-0.25, -0.2) is 15.0 Å². The Balaban J connectivity index is 1.54. The molecule has 6 heteroatoms. The Kier molecular flexibility index (Phi) is 3.80. The predicted molar refractivity (Wildman–Crippen MR) is 95.3 cm³/mol. The minimum atomic E-state index is 0.728. The van der Waals surface area contributed by atoms with Crippen molar-refractivity contribution in [1.29, 1.82) is 0 Å². The SMILES string of the molecule is Cc1ccc(-c2ccc(Nc3cccc(-c4nccs4)n3)nc2)o1. The van der Waals surface area contributed by atoms with E-state index in [0.29, 0.717) is 0 Å². The van der Waals surface area contributed by atoms with Gasteiger partial charge in [0.1, 0.15) is 33.9 Å². The summed E-state index contributed by atoms with van der Waals surface area (Å²) in [5, 5.41) is 6.05. The molecule has 0 aliphatic rings. The van der Waals surface area contributed by atoms with Gasteiger partial charge in [-0.2, -0.15) is 0 Å². The Morgan fingerprint density at radius 3 is 2.67 bits per heavy atom. The summed E-state index contributed by atoms with van der Waals surface area (Å²) in [6, 6.07) is 13.6. The van der Waals surface area contributed by atoms with Gasteiger partial charge in [0.15, 0.2) is 0 Å². The molecule has 4 heterocycles. The van der Waals surface area contributed by atoms with Crippen LogP contribution in [0.2, 0.25) is 0 Å². The minimum absolute atomic E-state index is 0.728. The molecular formula is C18H14N4OS. The van der Waals surface area contributed by atoms with Crippen molar-refractivity contribution in [3.8, 4) is 22.0 Å². The molecule has 0 aliphatic heterocycles. The molecule has 0 spiro atoms. The molecule has 118 valence electrons. The van der Waals surface area contributed by atoms with Crippen molar-refractivity contribution in [3.63, 3.8) is 0 Å². The summed E-state index contributed by atoms with van der Waals surface area (Å²) in [5.74, 6) is 3.16. The van der Waals surface area contributed by atoms with E-state index in [1.54, 1.807) is 23.7 Å². The van der Waals surface area contributed by atoms with Gasteiger partial charge in [-0.1, -0.05) is 6.07 Å². The second kappa shape index (κ2) is 6.25. The van der Waals surface area contributed by atoms with Gasteiger partial charge in [-0.3, -0.25) is 0 Å². The summed E-state index contributed by atoms with van der Waals surface area (Å²) >= 11 is 1.57. The molecular weight excluding hydrogens is 320 g/mol. The molecule has 0 radical (unpaired) electrons. The number of aryl methyl sites for hydroxylation is 1. The molecule has 24 heavy (non-hydrogen) atoms. The molecule has 0 amide bonds. The van der Waals surface area contributed by atoms with Crippen LogP contribution in [0.15, 0.2) is 64.7 Å². The monoisotopic (exact) mass is 334 g/mol. The van der Waals surface area contributed by atoms with Gasteiger partial charge < -0.3 is 9.73 Å². The van der Waals surface area contributed by atoms with E-state index >= 15 is 0 Å². The fourth-order valence-corrected chi connectivity index (χ4v) is 2.91. The average molecular weight is 334 g/mol. The Labute approximate surface area is 143 Å². The van der Waals surface area contributed by atoms with E-state index in [-0.39, 0.29) is 0 Å². The highest BCUT2D eigenvalue weighted by Crippen LogP contribution is 2.24. The van der Waals surface area contributed by atoms with E-state index < -0.39 is 0 Å². The maximum atomic E-state index is 5.61. The number of aromatic nitrogens is 3. The van der Waals surface area contributed by atoms with E-state index in [2.05, 4.69) is 20.3 Å². The van der Waals surface area contributed by atoms with Crippen LogP contribution < -0.4 is 5.32 Å². The lowest BCUT2D eigenvalue weighted by molar-refractivity contribution is 0.548. The van der Waals surface area contributed by atoms with E-state index in [1.807, 2.05) is 54.8 Å². The molecule has 0 atom stereocenters. The van der Waals surface area contributed by atoms with Crippen LogP contribution >= 0.6 is 11.3 Å². The van der Waals surface area contributed by atoms with E-state index in [0.717, 1.165) is 39.4 Å². The van der Waals surface area contributed by atoms with Crippen molar-refractivity contribution in [3.05, 3.63) is 66.0 Å². The largest absolute Gasteiger partial charge is 0.461 e. The van der Waals surface area contributed by atoms with Crippen molar-refractivity contribution in [2.24, 2.45) is 0 Å². The second-order valence-electron chi connectivity index (χ2n) is 5.21. The van der Waals surface area contributed by atoms with Crippen LogP contribution in [-0.2, 0) is 0 Å². The lowest BCUT2D eigenvalue weighted by atomic mass is 10.2. The zero-order valence-corrected chi connectivity index (χ0v) is 13.7. The number of nitrogens with zero attached hydrogens (tertiary/aromatic N) is 3. The number of hydrogen-bond donors (Lipinski definition) is 1.